The zero-order valence-electron chi connectivity index (χ0n) is 22.5. The van der Waals surface area contributed by atoms with Crippen molar-refractivity contribution in [3.05, 3.63) is 83.2 Å². The van der Waals surface area contributed by atoms with Gasteiger partial charge in [0.15, 0.2) is 5.13 Å². The monoisotopic (exact) mass is 568 g/mol. The van der Waals surface area contributed by atoms with E-state index in [1.807, 2.05) is 44.2 Å². The van der Waals surface area contributed by atoms with Crippen LogP contribution in [0.5, 0.6) is 0 Å². The summed E-state index contributed by atoms with van der Waals surface area (Å²) in [7, 11) is -0.767. The predicted molar refractivity (Wildman–Crippen MR) is 153 cm³/mol. The molecule has 0 N–H and O–H groups in total. The molecular weight excluding hydrogens is 536 g/mol. The fraction of sp³-hybridized carbons (Fsp3) is 0.321. The van der Waals surface area contributed by atoms with Gasteiger partial charge in [-0.2, -0.15) is 4.31 Å². The summed E-state index contributed by atoms with van der Waals surface area (Å²) in [5.41, 5.74) is 4.04. The molecule has 0 unspecified atom stereocenters. The first-order valence-electron chi connectivity index (χ1n) is 12.4. The normalized spacial score (nSPS) is 11.8. The number of aryl methyl sites for hydroxylation is 2. The van der Waals surface area contributed by atoms with Crippen LogP contribution in [0.1, 0.15) is 27.2 Å². The van der Waals surface area contributed by atoms with Gasteiger partial charge < -0.3 is 9.47 Å². The van der Waals surface area contributed by atoms with Gasteiger partial charge in [0.05, 0.1) is 40.6 Å². The third-order valence-corrected chi connectivity index (χ3v) is 9.41. The van der Waals surface area contributed by atoms with Gasteiger partial charge in [-0.1, -0.05) is 29.5 Å². The molecule has 4 rings (SSSR count). The van der Waals surface area contributed by atoms with Gasteiger partial charge in [-0.15, -0.1) is 0 Å². The predicted octanol–water partition coefficient (Wildman–Crippen LogP) is 4.44. The number of anilines is 1. The van der Waals surface area contributed by atoms with Crippen molar-refractivity contribution >= 4 is 42.6 Å². The zero-order valence-corrected chi connectivity index (χ0v) is 24.1. The number of rotatable bonds is 12. The van der Waals surface area contributed by atoms with Gasteiger partial charge in [0.2, 0.25) is 10.0 Å². The molecule has 0 bridgehead atoms. The van der Waals surface area contributed by atoms with Crippen LogP contribution in [0.4, 0.5) is 5.13 Å². The van der Waals surface area contributed by atoms with Crippen LogP contribution in [0.2, 0.25) is 0 Å². The second-order valence-corrected chi connectivity index (χ2v) is 11.9. The van der Waals surface area contributed by atoms with E-state index in [0.717, 1.165) is 21.3 Å². The molecule has 0 aliphatic carbocycles. The van der Waals surface area contributed by atoms with Crippen molar-refractivity contribution in [1.29, 1.82) is 0 Å². The summed E-state index contributed by atoms with van der Waals surface area (Å²) in [4.78, 5) is 24.8. The molecule has 2 aromatic heterocycles. The molecule has 0 fully saturated rings. The lowest BCUT2D eigenvalue weighted by molar-refractivity contribution is 0.0984. The molecular formula is C28H32N4O5S2. The quantitative estimate of drug-likeness (QED) is 0.249. The smallest absolute Gasteiger partial charge is 0.260 e. The van der Waals surface area contributed by atoms with Gasteiger partial charge in [0.25, 0.3) is 5.91 Å². The van der Waals surface area contributed by atoms with E-state index < -0.39 is 10.0 Å². The third kappa shape index (κ3) is 6.51. The van der Waals surface area contributed by atoms with Crippen molar-refractivity contribution < 1.29 is 22.7 Å². The molecule has 0 aliphatic heterocycles. The van der Waals surface area contributed by atoms with Crippen LogP contribution in [-0.4, -0.2) is 69.1 Å². The summed E-state index contributed by atoms with van der Waals surface area (Å²) in [6.45, 7) is 5.13. The molecule has 206 valence electrons. The number of carbonyl (C=O) groups is 1. The largest absolute Gasteiger partial charge is 0.383 e. The highest BCUT2D eigenvalue weighted by atomic mass is 32.2. The average molecular weight is 569 g/mol. The Morgan fingerprint density at radius 2 is 1.59 bits per heavy atom. The fourth-order valence-corrected chi connectivity index (χ4v) is 6.57. The van der Waals surface area contributed by atoms with E-state index in [1.54, 1.807) is 11.1 Å². The maximum atomic E-state index is 13.8. The maximum Gasteiger partial charge on any atom is 0.260 e. The van der Waals surface area contributed by atoms with E-state index in [9.17, 15) is 13.2 Å². The Hall–Kier alpha value is -3.22. The Balaban J connectivity index is 1.67. The number of nitrogens with zero attached hydrogens (tertiary/aromatic N) is 4. The van der Waals surface area contributed by atoms with Crippen molar-refractivity contribution in [1.82, 2.24) is 14.3 Å². The number of benzene rings is 2. The zero-order chi connectivity index (χ0) is 28.0. The number of amides is 1. The van der Waals surface area contributed by atoms with Gasteiger partial charge in [-0.3, -0.25) is 14.7 Å². The fourth-order valence-electron chi connectivity index (χ4n) is 4.06. The van der Waals surface area contributed by atoms with Gasteiger partial charge >= 0.3 is 0 Å². The highest BCUT2D eigenvalue weighted by Gasteiger charge is 2.26. The van der Waals surface area contributed by atoms with Gasteiger partial charge in [0, 0.05) is 39.1 Å². The summed E-state index contributed by atoms with van der Waals surface area (Å²) in [5, 5.41) is 0.556. The van der Waals surface area contributed by atoms with Gasteiger partial charge in [-0.25, -0.2) is 13.4 Å². The van der Waals surface area contributed by atoms with Crippen LogP contribution in [0.3, 0.4) is 0 Å². The Bertz CT molecular complexity index is 1480. The number of aromatic nitrogens is 2. The average Bonchev–Trinajstić information content (AvgIpc) is 3.41. The van der Waals surface area contributed by atoms with Crippen molar-refractivity contribution in [2.75, 3.05) is 45.4 Å². The molecule has 0 atom stereocenters. The van der Waals surface area contributed by atoms with Crippen LogP contribution in [-0.2, 0) is 26.0 Å². The number of hydrogen-bond donors (Lipinski definition) is 0. The second kappa shape index (κ2) is 12.8. The Kier molecular flexibility index (Phi) is 9.41. The first kappa shape index (κ1) is 28.8. The highest BCUT2D eigenvalue weighted by Crippen LogP contribution is 2.34. The van der Waals surface area contributed by atoms with Crippen LogP contribution in [0, 0.1) is 13.8 Å². The summed E-state index contributed by atoms with van der Waals surface area (Å²) < 4.78 is 39.1. The number of ether oxygens (including phenoxy) is 2. The standard InChI is InChI=1S/C28H32N4O5S2/c1-20-8-9-21(2)26-25(20)30-28(38-26)32(19-23-7-5-6-14-29-23)27(33)22-10-12-24(13-11-22)39(34,35)31(15-17-36-3)16-18-37-4/h5-14H,15-19H2,1-4H3. The number of pyridine rings is 1. The molecule has 2 aromatic carbocycles. The Morgan fingerprint density at radius 3 is 2.18 bits per heavy atom. The summed E-state index contributed by atoms with van der Waals surface area (Å²) in [6, 6.07) is 15.6. The molecule has 4 aromatic rings. The van der Waals surface area contributed by atoms with Crippen LogP contribution >= 0.6 is 11.3 Å². The van der Waals surface area contributed by atoms with Gasteiger partial charge in [0.1, 0.15) is 0 Å². The van der Waals surface area contributed by atoms with Crippen molar-refractivity contribution in [3.63, 3.8) is 0 Å². The Morgan fingerprint density at radius 1 is 0.923 bits per heavy atom. The summed E-state index contributed by atoms with van der Waals surface area (Å²) >= 11 is 1.45. The van der Waals surface area contributed by atoms with E-state index in [-0.39, 0.29) is 43.7 Å². The van der Waals surface area contributed by atoms with Crippen LogP contribution in [0.25, 0.3) is 10.2 Å². The van der Waals surface area contributed by atoms with Crippen molar-refractivity contribution in [2.45, 2.75) is 25.3 Å². The molecule has 0 saturated heterocycles. The molecule has 1 amide bonds. The molecule has 11 heteroatoms. The molecule has 39 heavy (non-hydrogen) atoms. The van der Waals surface area contributed by atoms with E-state index in [1.165, 1.54) is 54.1 Å². The van der Waals surface area contributed by atoms with E-state index in [0.29, 0.717) is 16.4 Å². The number of methoxy groups -OCH3 is 2. The minimum atomic E-state index is -3.81. The van der Waals surface area contributed by atoms with Crippen LogP contribution in [0.15, 0.2) is 65.7 Å². The molecule has 0 aliphatic rings. The minimum absolute atomic E-state index is 0.0915. The number of carbonyl (C=O) groups excluding carboxylic acids is 1. The van der Waals surface area contributed by atoms with E-state index in [2.05, 4.69) is 4.98 Å². The summed E-state index contributed by atoms with van der Waals surface area (Å²) in [6.07, 6.45) is 1.68. The SMILES string of the molecule is COCCN(CCOC)S(=O)(=O)c1ccc(C(=O)N(Cc2ccccn2)c2nc3c(C)ccc(C)c3s2)cc1. The summed E-state index contributed by atoms with van der Waals surface area (Å²) in [5.74, 6) is -0.297. The highest BCUT2D eigenvalue weighted by molar-refractivity contribution is 7.89. The minimum Gasteiger partial charge on any atom is -0.383 e. The van der Waals surface area contributed by atoms with Crippen molar-refractivity contribution in [3.8, 4) is 0 Å². The third-order valence-electron chi connectivity index (χ3n) is 6.28. The first-order valence-corrected chi connectivity index (χ1v) is 14.7. The Labute approximate surface area is 233 Å². The first-order chi connectivity index (χ1) is 18.8. The second-order valence-electron chi connectivity index (χ2n) is 9.00. The molecule has 9 nitrogen and oxygen atoms in total. The topological polar surface area (TPSA) is 102 Å². The lowest BCUT2D eigenvalue weighted by Crippen LogP contribution is -2.36. The lowest BCUT2D eigenvalue weighted by Gasteiger charge is -2.22. The van der Waals surface area contributed by atoms with Crippen LogP contribution < -0.4 is 4.90 Å². The van der Waals surface area contributed by atoms with E-state index >= 15 is 0 Å². The lowest BCUT2D eigenvalue weighted by atomic mass is 10.1. The number of thiazole rings is 1. The van der Waals surface area contributed by atoms with Gasteiger partial charge in [-0.05, 0) is 61.4 Å². The van der Waals surface area contributed by atoms with E-state index in [4.69, 9.17) is 14.5 Å². The van der Waals surface area contributed by atoms with Crippen molar-refractivity contribution in [2.24, 2.45) is 0 Å². The number of hydrogen-bond acceptors (Lipinski definition) is 8. The molecule has 0 radical (unpaired) electrons. The molecule has 2 heterocycles. The molecule has 0 spiro atoms. The number of fused-ring (bicyclic) bond motifs is 1. The number of sulfonamides is 1. The molecule has 0 saturated carbocycles. The maximum absolute atomic E-state index is 13.8.